The molecular formula is C26H27N5O3S2. The monoisotopic (exact) mass is 521 g/mol. The highest BCUT2D eigenvalue weighted by atomic mass is 32.2. The molecular weight excluding hydrogens is 494 g/mol. The van der Waals surface area contributed by atoms with E-state index in [2.05, 4.69) is 15.2 Å². The Kier molecular flexibility index (Phi) is 7.35. The fourth-order valence-corrected chi connectivity index (χ4v) is 5.97. The van der Waals surface area contributed by atoms with Crippen molar-refractivity contribution in [2.45, 2.75) is 37.0 Å². The van der Waals surface area contributed by atoms with Gasteiger partial charge >= 0.3 is 0 Å². The molecule has 1 amide bonds. The average Bonchev–Trinajstić information content (AvgIpc) is 3.54. The molecule has 0 radical (unpaired) electrons. The molecule has 1 aliphatic heterocycles. The Labute approximate surface area is 218 Å². The summed E-state index contributed by atoms with van der Waals surface area (Å²) in [5, 5.41) is 12.5. The van der Waals surface area contributed by atoms with Gasteiger partial charge in [-0.15, -0.1) is 21.5 Å². The van der Waals surface area contributed by atoms with E-state index in [0.29, 0.717) is 24.5 Å². The van der Waals surface area contributed by atoms with Gasteiger partial charge in [-0.3, -0.25) is 9.36 Å². The third-order valence-electron chi connectivity index (χ3n) is 5.78. The third-order valence-corrected chi connectivity index (χ3v) is 7.75. The first kappa shape index (κ1) is 24.5. The first-order chi connectivity index (χ1) is 17.5. The number of ether oxygens (including phenoxy) is 2. The molecule has 4 aromatic rings. The summed E-state index contributed by atoms with van der Waals surface area (Å²) in [6.45, 7) is 5.14. The Bertz CT molecular complexity index is 1330. The highest BCUT2D eigenvalue weighted by Crippen LogP contribution is 2.31. The number of amides is 1. The summed E-state index contributed by atoms with van der Waals surface area (Å²) in [7, 11) is 1.65. The zero-order chi connectivity index (χ0) is 25.1. The molecule has 0 spiro atoms. The number of methoxy groups -OCH3 is 1. The largest absolute Gasteiger partial charge is 0.497 e. The number of hydrogen-bond acceptors (Lipinski definition) is 8. The van der Waals surface area contributed by atoms with Gasteiger partial charge in [0.2, 0.25) is 0 Å². The first-order valence-corrected chi connectivity index (χ1v) is 13.6. The number of thioether (sulfide) groups is 1. The number of morpholine rings is 1. The van der Waals surface area contributed by atoms with Crippen LogP contribution in [-0.2, 0) is 10.5 Å². The van der Waals surface area contributed by atoms with Crippen LogP contribution in [0.15, 0.2) is 65.1 Å². The molecule has 0 aliphatic carbocycles. The fourth-order valence-electron chi connectivity index (χ4n) is 4.23. The Morgan fingerprint density at radius 1 is 1.11 bits per heavy atom. The predicted molar refractivity (Wildman–Crippen MR) is 141 cm³/mol. The van der Waals surface area contributed by atoms with Crippen molar-refractivity contribution in [1.29, 1.82) is 0 Å². The molecule has 0 saturated carbocycles. The molecule has 186 valence electrons. The molecule has 3 heterocycles. The zero-order valence-corrected chi connectivity index (χ0v) is 22.0. The summed E-state index contributed by atoms with van der Waals surface area (Å²) in [4.78, 5) is 19.5. The molecule has 1 saturated heterocycles. The summed E-state index contributed by atoms with van der Waals surface area (Å²) in [6.07, 6.45) is 0.0453. The molecule has 10 heteroatoms. The second-order valence-electron chi connectivity index (χ2n) is 8.59. The highest BCUT2D eigenvalue weighted by Gasteiger charge is 2.28. The van der Waals surface area contributed by atoms with Gasteiger partial charge in [-0.1, -0.05) is 42.1 Å². The van der Waals surface area contributed by atoms with Crippen LogP contribution >= 0.6 is 23.1 Å². The molecule has 8 nitrogen and oxygen atoms in total. The maximum atomic E-state index is 13.0. The van der Waals surface area contributed by atoms with E-state index in [-0.39, 0.29) is 18.1 Å². The predicted octanol–water partition coefficient (Wildman–Crippen LogP) is 4.94. The van der Waals surface area contributed by atoms with Gasteiger partial charge in [0.15, 0.2) is 11.0 Å². The minimum atomic E-state index is -0.0442. The summed E-state index contributed by atoms with van der Waals surface area (Å²) >= 11 is 3.03. The Morgan fingerprint density at radius 3 is 2.64 bits per heavy atom. The van der Waals surface area contributed by atoms with Crippen molar-refractivity contribution in [3.8, 4) is 22.8 Å². The van der Waals surface area contributed by atoms with Crippen LogP contribution in [0, 0.1) is 0 Å². The maximum absolute atomic E-state index is 13.0. The number of hydrogen-bond donors (Lipinski definition) is 0. The van der Waals surface area contributed by atoms with Gasteiger partial charge in [0.05, 0.1) is 25.1 Å². The van der Waals surface area contributed by atoms with Crippen molar-refractivity contribution < 1.29 is 14.3 Å². The number of para-hydroxylation sites is 1. The lowest BCUT2D eigenvalue weighted by atomic mass is 10.2. The Morgan fingerprint density at radius 2 is 1.89 bits per heavy atom. The molecule has 5 rings (SSSR count). The van der Waals surface area contributed by atoms with Crippen molar-refractivity contribution in [1.82, 2.24) is 24.6 Å². The lowest BCUT2D eigenvalue weighted by Crippen LogP contribution is -2.48. The number of carbonyl (C=O) groups is 1. The van der Waals surface area contributed by atoms with Crippen molar-refractivity contribution in [3.05, 3.63) is 70.7 Å². The maximum Gasteiger partial charge on any atom is 0.273 e. The fraction of sp³-hybridized carbons (Fsp3) is 0.308. The number of carbonyl (C=O) groups excluding carboxylic acids is 1. The van der Waals surface area contributed by atoms with Crippen LogP contribution in [0.2, 0.25) is 0 Å². The first-order valence-electron chi connectivity index (χ1n) is 11.7. The van der Waals surface area contributed by atoms with Crippen molar-refractivity contribution >= 4 is 29.0 Å². The lowest BCUT2D eigenvalue weighted by Gasteiger charge is -2.34. The minimum Gasteiger partial charge on any atom is -0.497 e. The Hall–Kier alpha value is -3.21. The van der Waals surface area contributed by atoms with Gasteiger partial charge in [0, 0.05) is 29.7 Å². The van der Waals surface area contributed by atoms with Gasteiger partial charge in [0.1, 0.15) is 16.5 Å². The van der Waals surface area contributed by atoms with Crippen LogP contribution in [0.4, 0.5) is 0 Å². The topological polar surface area (TPSA) is 82.4 Å². The van der Waals surface area contributed by atoms with E-state index in [9.17, 15) is 4.79 Å². The van der Waals surface area contributed by atoms with Crippen LogP contribution in [0.1, 0.15) is 29.3 Å². The van der Waals surface area contributed by atoms with Gasteiger partial charge in [-0.2, -0.15) is 0 Å². The van der Waals surface area contributed by atoms with E-state index in [1.54, 1.807) is 18.9 Å². The number of benzene rings is 2. The SMILES string of the molecule is COc1cccc(-c2nnc(SCc3nc(C(=O)N4CC(C)OC(C)C4)cs3)n2-c2ccccc2)c1. The van der Waals surface area contributed by atoms with E-state index < -0.39 is 0 Å². The molecule has 2 aromatic carbocycles. The number of thiazole rings is 1. The van der Waals surface area contributed by atoms with E-state index in [1.807, 2.05) is 83.3 Å². The molecule has 0 bridgehead atoms. The summed E-state index contributed by atoms with van der Waals surface area (Å²) in [6, 6.07) is 17.8. The van der Waals surface area contributed by atoms with E-state index in [0.717, 1.165) is 33.0 Å². The third kappa shape index (κ3) is 5.30. The number of aromatic nitrogens is 4. The van der Waals surface area contributed by atoms with Crippen molar-refractivity contribution in [2.24, 2.45) is 0 Å². The van der Waals surface area contributed by atoms with Gasteiger partial charge in [0.25, 0.3) is 5.91 Å². The molecule has 36 heavy (non-hydrogen) atoms. The smallest absolute Gasteiger partial charge is 0.273 e. The zero-order valence-electron chi connectivity index (χ0n) is 20.3. The summed E-state index contributed by atoms with van der Waals surface area (Å²) in [5.74, 6) is 2.02. The molecule has 2 aromatic heterocycles. The normalized spacial score (nSPS) is 17.8. The molecule has 2 unspecified atom stereocenters. The van der Waals surface area contributed by atoms with Gasteiger partial charge < -0.3 is 14.4 Å². The van der Waals surface area contributed by atoms with E-state index in [4.69, 9.17) is 9.47 Å². The highest BCUT2D eigenvalue weighted by molar-refractivity contribution is 7.98. The molecule has 0 N–H and O–H groups in total. The van der Waals surface area contributed by atoms with E-state index >= 15 is 0 Å². The standard InChI is InChI=1S/C26H27N5O3S2/c1-17-13-30(14-18(2)34-17)25(32)22-15-35-23(27-22)16-36-26-29-28-24(19-8-7-11-21(12-19)33-3)31(26)20-9-5-4-6-10-20/h4-12,15,17-18H,13-14,16H2,1-3H3. The minimum absolute atomic E-state index is 0.0227. The van der Waals surface area contributed by atoms with Gasteiger partial charge in [-0.25, -0.2) is 4.98 Å². The van der Waals surface area contributed by atoms with Crippen molar-refractivity contribution in [3.63, 3.8) is 0 Å². The number of rotatable bonds is 7. The van der Waals surface area contributed by atoms with Crippen molar-refractivity contribution in [2.75, 3.05) is 20.2 Å². The summed E-state index contributed by atoms with van der Waals surface area (Å²) in [5.41, 5.74) is 2.36. The average molecular weight is 522 g/mol. The second kappa shape index (κ2) is 10.8. The van der Waals surface area contributed by atoms with Crippen LogP contribution in [0.5, 0.6) is 5.75 Å². The molecule has 2 atom stereocenters. The second-order valence-corrected chi connectivity index (χ2v) is 10.5. The summed E-state index contributed by atoms with van der Waals surface area (Å²) < 4.78 is 13.2. The van der Waals surface area contributed by atoms with Crippen LogP contribution in [-0.4, -0.2) is 63.0 Å². The molecule has 1 aliphatic rings. The Balaban J connectivity index is 1.37. The lowest BCUT2D eigenvalue weighted by molar-refractivity contribution is -0.0587. The van der Waals surface area contributed by atoms with Gasteiger partial charge in [-0.05, 0) is 38.1 Å². The van der Waals surface area contributed by atoms with Crippen LogP contribution in [0.3, 0.4) is 0 Å². The number of nitrogens with zero attached hydrogens (tertiary/aromatic N) is 5. The van der Waals surface area contributed by atoms with Crippen LogP contribution < -0.4 is 4.74 Å². The van der Waals surface area contributed by atoms with E-state index in [1.165, 1.54) is 11.3 Å². The molecule has 1 fully saturated rings. The van der Waals surface area contributed by atoms with Crippen LogP contribution in [0.25, 0.3) is 17.1 Å². The quantitative estimate of drug-likeness (QED) is 0.319.